The van der Waals surface area contributed by atoms with Crippen molar-refractivity contribution in [2.45, 2.75) is 13.1 Å². The number of hydrogen-bond donors (Lipinski definition) is 2. The van der Waals surface area contributed by atoms with Gasteiger partial charge in [0.1, 0.15) is 5.82 Å². The van der Waals surface area contributed by atoms with Gasteiger partial charge in [0.25, 0.3) is 5.91 Å². The summed E-state index contributed by atoms with van der Waals surface area (Å²) < 4.78 is 51.0. The third-order valence-corrected chi connectivity index (χ3v) is 2.67. The molecule has 0 saturated heterocycles. The van der Waals surface area contributed by atoms with Crippen LogP contribution in [-0.4, -0.2) is 34.9 Å². The van der Waals surface area contributed by atoms with E-state index in [4.69, 9.17) is 10.9 Å². The largest absolute Gasteiger partial charge is 0.419 e. The molecule has 1 rings (SSSR count). The molecule has 1 amide bonds. The Labute approximate surface area is 117 Å². The lowest BCUT2D eigenvalue weighted by molar-refractivity contribution is -0.140. The topological polar surface area (TPSA) is 78.9 Å². The Bertz CT molecular complexity index is 558. The fourth-order valence-electron chi connectivity index (χ4n) is 1.61. The summed E-state index contributed by atoms with van der Waals surface area (Å²) in [4.78, 5) is 13.1. The molecule has 116 valence electrons. The zero-order valence-electron chi connectivity index (χ0n) is 11.0. The molecular weight excluding hydrogens is 294 g/mol. The van der Waals surface area contributed by atoms with Crippen LogP contribution < -0.4 is 5.73 Å². The fourth-order valence-corrected chi connectivity index (χ4v) is 1.61. The van der Waals surface area contributed by atoms with E-state index in [-0.39, 0.29) is 24.5 Å². The second-order valence-corrected chi connectivity index (χ2v) is 4.10. The lowest BCUT2D eigenvalue weighted by Gasteiger charge is -2.20. The normalized spacial score (nSPS) is 12.3. The van der Waals surface area contributed by atoms with Crippen LogP contribution in [0.2, 0.25) is 0 Å². The van der Waals surface area contributed by atoms with Gasteiger partial charge in [0, 0.05) is 12.1 Å². The van der Waals surface area contributed by atoms with Gasteiger partial charge in [-0.2, -0.15) is 13.2 Å². The molecule has 0 atom stereocenters. The third-order valence-electron chi connectivity index (χ3n) is 2.67. The summed E-state index contributed by atoms with van der Waals surface area (Å²) in [5.41, 5.74) is 3.40. The number of rotatable bonds is 4. The minimum Gasteiger partial charge on any atom is -0.409 e. The molecule has 0 aliphatic rings. The molecular formula is C12H13F4N3O2. The molecule has 0 saturated carbocycles. The molecule has 0 aliphatic carbocycles. The molecule has 1 aromatic carbocycles. The highest BCUT2D eigenvalue weighted by molar-refractivity contribution is 5.97. The molecule has 0 radical (unpaired) electrons. The quantitative estimate of drug-likeness (QED) is 0.294. The zero-order chi connectivity index (χ0) is 16.2. The summed E-state index contributed by atoms with van der Waals surface area (Å²) >= 11 is 0. The third kappa shape index (κ3) is 4.07. The van der Waals surface area contributed by atoms with Crippen LogP contribution in [0.1, 0.15) is 22.8 Å². The van der Waals surface area contributed by atoms with Crippen molar-refractivity contribution in [3.63, 3.8) is 0 Å². The van der Waals surface area contributed by atoms with E-state index in [1.807, 2.05) is 0 Å². The maximum atomic E-state index is 13.2. The van der Waals surface area contributed by atoms with Crippen LogP contribution in [-0.2, 0) is 6.18 Å². The van der Waals surface area contributed by atoms with Crippen molar-refractivity contribution in [2.75, 3.05) is 13.1 Å². The Balaban J connectivity index is 3.12. The average molecular weight is 307 g/mol. The first-order valence-electron chi connectivity index (χ1n) is 5.83. The molecule has 0 aromatic heterocycles. The Morgan fingerprint density at radius 2 is 2.05 bits per heavy atom. The minimum absolute atomic E-state index is 0.119. The minimum atomic E-state index is -4.90. The number of amides is 1. The van der Waals surface area contributed by atoms with Crippen molar-refractivity contribution in [2.24, 2.45) is 10.9 Å². The van der Waals surface area contributed by atoms with Gasteiger partial charge < -0.3 is 15.8 Å². The Morgan fingerprint density at radius 1 is 1.43 bits per heavy atom. The van der Waals surface area contributed by atoms with Gasteiger partial charge in [-0.05, 0) is 25.1 Å². The fraction of sp³-hybridized carbons (Fsp3) is 0.333. The van der Waals surface area contributed by atoms with Gasteiger partial charge in [-0.25, -0.2) is 4.39 Å². The lowest BCUT2D eigenvalue weighted by atomic mass is 10.1. The van der Waals surface area contributed by atoms with E-state index >= 15 is 0 Å². The summed E-state index contributed by atoms with van der Waals surface area (Å²) in [6.07, 6.45) is -4.90. The van der Waals surface area contributed by atoms with Gasteiger partial charge in [-0.3, -0.25) is 4.79 Å². The standard InChI is InChI=1S/C12H13F4N3O2/c1-2-19(6-10(17)18-21)11(20)7-3-4-9(13)8(5-7)12(14,15)16/h3-5,21H,2,6H2,1H3,(H2,17,18). The smallest absolute Gasteiger partial charge is 0.409 e. The second kappa shape index (κ2) is 6.42. The highest BCUT2D eigenvalue weighted by Gasteiger charge is 2.35. The van der Waals surface area contributed by atoms with Gasteiger partial charge in [-0.1, -0.05) is 5.16 Å². The Kier molecular flexibility index (Phi) is 5.12. The second-order valence-electron chi connectivity index (χ2n) is 4.10. The van der Waals surface area contributed by atoms with Crippen molar-refractivity contribution in [3.8, 4) is 0 Å². The first-order valence-corrected chi connectivity index (χ1v) is 5.83. The number of nitrogens with zero attached hydrogens (tertiary/aromatic N) is 2. The summed E-state index contributed by atoms with van der Waals surface area (Å²) in [6, 6.07) is 1.96. The molecule has 5 nitrogen and oxygen atoms in total. The molecule has 0 aliphatic heterocycles. The summed E-state index contributed by atoms with van der Waals surface area (Å²) in [5.74, 6) is -2.52. The Morgan fingerprint density at radius 3 is 2.52 bits per heavy atom. The number of oxime groups is 1. The van der Waals surface area contributed by atoms with Crippen LogP contribution in [0.4, 0.5) is 17.6 Å². The number of likely N-dealkylation sites (N-methyl/N-ethyl adjacent to an activating group) is 1. The number of carbonyl (C=O) groups is 1. The van der Waals surface area contributed by atoms with Crippen molar-refractivity contribution in [1.29, 1.82) is 0 Å². The van der Waals surface area contributed by atoms with Crippen molar-refractivity contribution < 1.29 is 27.6 Å². The number of carbonyl (C=O) groups excluding carboxylic acids is 1. The number of nitrogens with two attached hydrogens (primary N) is 1. The van der Waals surface area contributed by atoms with E-state index in [0.717, 1.165) is 11.0 Å². The van der Waals surface area contributed by atoms with E-state index in [1.165, 1.54) is 0 Å². The SMILES string of the molecule is CCN(CC(N)=NO)C(=O)c1ccc(F)c(C(F)(F)F)c1. The highest BCUT2D eigenvalue weighted by atomic mass is 19.4. The first kappa shape index (κ1) is 16.7. The molecule has 0 heterocycles. The number of halogens is 4. The molecule has 3 N–H and O–H groups in total. The molecule has 0 fully saturated rings. The van der Waals surface area contributed by atoms with Crippen molar-refractivity contribution >= 4 is 11.7 Å². The van der Waals surface area contributed by atoms with Gasteiger partial charge in [0.15, 0.2) is 5.84 Å². The molecule has 0 spiro atoms. The molecule has 9 heteroatoms. The number of amidine groups is 1. The number of alkyl halides is 3. The van der Waals surface area contributed by atoms with E-state index in [2.05, 4.69) is 5.16 Å². The summed E-state index contributed by atoms with van der Waals surface area (Å²) in [6.45, 7) is 1.43. The van der Waals surface area contributed by atoms with Crippen LogP contribution in [0.25, 0.3) is 0 Å². The predicted molar refractivity (Wildman–Crippen MR) is 66.4 cm³/mol. The lowest BCUT2D eigenvalue weighted by Crippen LogP contribution is -2.38. The van der Waals surface area contributed by atoms with Crippen LogP contribution in [0.15, 0.2) is 23.4 Å². The van der Waals surface area contributed by atoms with Crippen molar-refractivity contribution in [1.82, 2.24) is 4.90 Å². The van der Waals surface area contributed by atoms with E-state index in [9.17, 15) is 22.4 Å². The zero-order valence-corrected chi connectivity index (χ0v) is 11.0. The summed E-state index contributed by atoms with van der Waals surface area (Å²) in [7, 11) is 0. The molecule has 0 bridgehead atoms. The maximum absolute atomic E-state index is 13.2. The van der Waals surface area contributed by atoms with Crippen LogP contribution in [0.3, 0.4) is 0 Å². The molecule has 0 unspecified atom stereocenters. The van der Waals surface area contributed by atoms with Gasteiger partial charge in [-0.15, -0.1) is 0 Å². The predicted octanol–water partition coefficient (Wildman–Crippen LogP) is 2.05. The van der Waals surface area contributed by atoms with Crippen LogP contribution >= 0.6 is 0 Å². The molecule has 1 aromatic rings. The van der Waals surface area contributed by atoms with E-state index in [0.29, 0.717) is 12.1 Å². The average Bonchev–Trinajstić information content (AvgIpc) is 2.42. The molecule has 21 heavy (non-hydrogen) atoms. The number of benzene rings is 1. The van der Waals surface area contributed by atoms with Gasteiger partial charge in [0.2, 0.25) is 0 Å². The first-order chi connectivity index (χ1) is 9.70. The van der Waals surface area contributed by atoms with E-state index in [1.54, 1.807) is 6.92 Å². The van der Waals surface area contributed by atoms with Crippen LogP contribution in [0.5, 0.6) is 0 Å². The van der Waals surface area contributed by atoms with Gasteiger partial charge >= 0.3 is 6.18 Å². The number of hydrogen-bond acceptors (Lipinski definition) is 3. The Hall–Kier alpha value is -2.32. The van der Waals surface area contributed by atoms with Crippen LogP contribution in [0, 0.1) is 5.82 Å². The monoisotopic (exact) mass is 307 g/mol. The highest BCUT2D eigenvalue weighted by Crippen LogP contribution is 2.32. The maximum Gasteiger partial charge on any atom is 0.419 e. The van der Waals surface area contributed by atoms with E-state index < -0.39 is 23.5 Å². The van der Waals surface area contributed by atoms with Crippen molar-refractivity contribution in [3.05, 3.63) is 35.1 Å². The summed E-state index contributed by atoms with van der Waals surface area (Å²) in [5, 5.41) is 11.1. The van der Waals surface area contributed by atoms with Gasteiger partial charge in [0.05, 0.1) is 12.1 Å².